The third kappa shape index (κ3) is 2.75. The Morgan fingerprint density at radius 1 is 1.36 bits per heavy atom. The molecule has 0 bridgehead atoms. The molecule has 0 aromatic rings. The van der Waals surface area contributed by atoms with Gasteiger partial charge in [-0.15, -0.1) is 0 Å². The van der Waals surface area contributed by atoms with E-state index < -0.39 is 16.4 Å². The monoisotopic (exact) mass is 308 g/mol. The highest BCUT2D eigenvalue weighted by molar-refractivity contribution is 5.85. The molecule has 5 heteroatoms. The summed E-state index contributed by atoms with van der Waals surface area (Å²) in [5.41, 5.74) is -2.27. The van der Waals surface area contributed by atoms with Crippen molar-refractivity contribution in [2.45, 2.75) is 71.0 Å². The van der Waals surface area contributed by atoms with Crippen molar-refractivity contribution >= 4 is 5.91 Å². The van der Waals surface area contributed by atoms with E-state index >= 15 is 0 Å². The average Bonchev–Trinajstić information content (AvgIpc) is 2.53. The molecule has 0 radical (unpaired) electrons. The summed E-state index contributed by atoms with van der Waals surface area (Å²) in [7, 11) is 0. The second kappa shape index (κ2) is 6.17. The Morgan fingerprint density at radius 2 is 2.00 bits per heavy atom. The Kier molecular flexibility index (Phi) is 4.84. The van der Waals surface area contributed by atoms with Crippen molar-refractivity contribution in [3.63, 3.8) is 0 Å². The van der Waals surface area contributed by atoms with Gasteiger partial charge in [-0.1, -0.05) is 33.1 Å². The van der Waals surface area contributed by atoms with Crippen molar-refractivity contribution in [2.75, 3.05) is 13.2 Å². The molecular formula is C17H28N2O3. The van der Waals surface area contributed by atoms with E-state index in [-0.39, 0.29) is 18.6 Å². The lowest BCUT2D eigenvalue weighted by atomic mass is 9.56. The van der Waals surface area contributed by atoms with E-state index in [1.807, 2.05) is 20.8 Å². The van der Waals surface area contributed by atoms with Crippen LogP contribution in [0.4, 0.5) is 0 Å². The molecule has 0 aliphatic heterocycles. The number of nitrogens with one attached hydrogen (secondary N) is 1. The summed E-state index contributed by atoms with van der Waals surface area (Å²) >= 11 is 0. The van der Waals surface area contributed by atoms with Crippen LogP contribution < -0.4 is 5.32 Å². The molecule has 2 fully saturated rings. The molecule has 1 amide bonds. The minimum Gasteiger partial charge on any atom is -0.387 e. The van der Waals surface area contributed by atoms with Gasteiger partial charge < -0.3 is 15.2 Å². The number of hydrogen-bond donors (Lipinski definition) is 2. The van der Waals surface area contributed by atoms with Crippen LogP contribution in [0.3, 0.4) is 0 Å². The molecule has 22 heavy (non-hydrogen) atoms. The van der Waals surface area contributed by atoms with Crippen molar-refractivity contribution in [1.82, 2.24) is 5.32 Å². The highest BCUT2D eigenvalue weighted by atomic mass is 16.5. The van der Waals surface area contributed by atoms with E-state index in [4.69, 9.17) is 4.74 Å². The maximum absolute atomic E-state index is 12.5. The first-order valence-corrected chi connectivity index (χ1v) is 8.35. The largest absolute Gasteiger partial charge is 0.387 e. The molecule has 0 unspecified atom stereocenters. The van der Waals surface area contributed by atoms with Gasteiger partial charge in [0.1, 0.15) is 5.41 Å². The predicted octanol–water partition coefficient (Wildman–Crippen LogP) is 2.14. The maximum atomic E-state index is 12.5. The van der Waals surface area contributed by atoms with E-state index in [1.54, 1.807) is 0 Å². The smallest absolute Gasteiger partial charge is 0.240 e. The summed E-state index contributed by atoms with van der Waals surface area (Å²) in [6.45, 7) is 6.67. The van der Waals surface area contributed by atoms with Crippen LogP contribution in [0.2, 0.25) is 0 Å². The Bertz CT molecular complexity index is 463. The maximum Gasteiger partial charge on any atom is 0.240 e. The van der Waals surface area contributed by atoms with Gasteiger partial charge in [0, 0.05) is 25.0 Å². The van der Waals surface area contributed by atoms with Gasteiger partial charge in [-0.3, -0.25) is 4.79 Å². The molecule has 0 heterocycles. The molecule has 0 aromatic carbocycles. The first-order chi connectivity index (χ1) is 10.3. The van der Waals surface area contributed by atoms with Gasteiger partial charge in [0.25, 0.3) is 0 Å². The molecule has 0 spiro atoms. The summed E-state index contributed by atoms with van der Waals surface area (Å²) < 4.78 is 5.63. The second-order valence-electron chi connectivity index (χ2n) is 7.34. The molecule has 0 saturated heterocycles. The van der Waals surface area contributed by atoms with Crippen LogP contribution in [0.1, 0.15) is 59.3 Å². The van der Waals surface area contributed by atoms with Crippen LogP contribution in [-0.4, -0.2) is 35.9 Å². The van der Waals surface area contributed by atoms with Crippen molar-refractivity contribution in [3.8, 4) is 6.07 Å². The fraction of sp³-hybridized carbons (Fsp3) is 0.882. The minimum absolute atomic E-state index is 0.0130. The zero-order chi connectivity index (χ0) is 16.4. The van der Waals surface area contributed by atoms with Gasteiger partial charge in [0.2, 0.25) is 5.91 Å². The highest BCUT2D eigenvalue weighted by Gasteiger charge is 2.60. The summed E-state index contributed by atoms with van der Waals surface area (Å²) in [6.07, 6.45) is 4.71. The topological polar surface area (TPSA) is 82.3 Å². The third-order valence-corrected chi connectivity index (χ3v) is 5.79. The normalized spacial score (nSPS) is 32.6. The van der Waals surface area contributed by atoms with E-state index in [9.17, 15) is 15.2 Å². The Balaban J connectivity index is 1.95. The number of carbonyl (C=O) groups is 1. The van der Waals surface area contributed by atoms with E-state index in [0.29, 0.717) is 25.9 Å². The van der Waals surface area contributed by atoms with Crippen LogP contribution in [0.5, 0.6) is 0 Å². The fourth-order valence-corrected chi connectivity index (χ4v) is 3.70. The standard InChI is InChI=1S/C17H28N2O3/c1-4-22-13-10-17(21,15(13,2)3)12-19-14(20)16(11-18)8-6-5-7-9-16/h13,21H,4-10,12H2,1-3H3,(H,19,20)/t13-,17+/m0/s1. The Morgan fingerprint density at radius 3 is 2.50 bits per heavy atom. The average molecular weight is 308 g/mol. The molecule has 2 atom stereocenters. The molecule has 2 aliphatic rings. The van der Waals surface area contributed by atoms with Gasteiger partial charge >= 0.3 is 0 Å². The Labute approximate surface area is 133 Å². The first-order valence-electron chi connectivity index (χ1n) is 8.35. The number of carbonyl (C=O) groups excluding carboxylic acids is 1. The lowest BCUT2D eigenvalue weighted by Gasteiger charge is -2.58. The fourth-order valence-electron chi connectivity index (χ4n) is 3.70. The lowest BCUT2D eigenvalue weighted by molar-refractivity contribution is -0.238. The number of hydrogen-bond acceptors (Lipinski definition) is 4. The van der Waals surface area contributed by atoms with Gasteiger partial charge in [-0.05, 0) is 19.8 Å². The summed E-state index contributed by atoms with van der Waals surface area (Å²) in [6, 6.07) is 2.22. The van der Waals surface area contributed by atoms with Crippen LogP contribution >= 0.6 is 0 Å². The van der Waals surface area contributed by atoms with Crippen molar-refractivity contribution in [3.05, 3.63) is 0 Å². The minimum atomic E-state index is -0.964. The molecule has 2 saturated carbocycles. The molecule has 0 aromatic heterocycles. The van der Waals surface area contributed by atoms with Gasteiger partial charge in [0.05, 0.1) is 17.8 Å². The third-order valence-electron chi connectivity index (χ3n) is 5.79. The number of amides is 1. The van der Waals surface area contributed by atoms with Gasteiger partial charge in [-0.25, -0.2) is 0 Å². The molecule has 2 rings (SSSR count). The molecular weight excluding hydrogens is 280 g/mol. The highest BCUT2D eigenvalue weighted by Crippen LogP contribution is 2.51. The quantitative estimate of drug-likeness (QED) is 0.815. The van der Waals surface area contributed by atoms with Crippen LogP contribution in [0.15, 0.2) is 0 Å². The predicted molar refractivity (Wildman–Crippen MR) is 82.9 cm³/mol. The first kappa shape index (κ1) is 17.2. The Hall–Kier alpha value is -1.12. The molecule has 2 aliphatic carbocycles. The lowest BCUT2D eigenvalue weighted by Crippen LogP contribution is -2.69. The zero-order valence-electron chi connectivity index (χ0n) is 13.9. The summed E-state index contributed by atoms with van der Waals surface area (Å²) in [5.74, 6) is -0.223. The molecule has 124 valence electrons. The van der Waals surface area contributed by atoms with E-state index in [0.717, 1.165) is 19.3 Å². The number of aliphatic hydroxyl groups is 1. The van der Waals surface area contributed by atoms with Crippen LogP contribution in [0.25, 0.3) is 0 Å². The van der Waals surface area contributed by atoms with Gasteiger partial charge in [-0.2, -0.15) is 5.26 Å². The van der Waals surface area contributed by atoms with Gasteiger partial charge in [0.15, 0.2) is 0 Å². The number of nitrogens with zero attached hydrogens (tertiary/aromatic N) is 1. The second-order valence-corrected chi connectivity index (χ2v) is 7.34. The van der Waals surface area contributed by atoms with Crippen LogP contribution in [-0.2, 0) is 9.53 Å². The summed E-state index contributed by atoms with van der Waals surface area (Å²) in [4.78, 5) is 12.5. The van der Waals surface area contributed by atoms with Crippen molar-refractivity contribution in [1.29, 1.82) is 5.26 Å². The number of rotatable bonds is 5. The molecule has 5 nitrogen and oxygen atoms in total. The van der Waals surface area contributed by atoms with E-state index in [1.165, 1.54) is 0 Å². The van der Waals surface area contributed by atoms with Crippen LogP contribution in [0, 0.1) is 22.2 Å². The zero-order valence-corrected chi connectivity index (χ0v) is 13.9. The number of nitriles is 1. The summed E-state index contributed by atoms with van der Waals surface area (Å²) in [5, 5.41) is 23.0. The SMILES string of the molecule is CCO[C@H]1C[C@@](O)(CNC(=O)C2(C#N)CCCCC2)C1(C)C. The van der Waals surface area contributed by atoms with Crippen molar-refractivity contribution < 1.29 is 14.6 Å². The van der Waals surface area contributed by atoms with E-state index in [2.05, 4.69) is 11.4 Å². The molecule has 2 N–H and O–H groups in total. The van der Waals surface area contributed by atoms with Crippen molar-refractivity contribution in [2.24, 2.45) is 10.8 Å². The number of ether oxygens (including phenoxy) is 1.